The van der Waals surface area contributed by atoms with E-state index in [1.54, 1.807) is 0 Å². The first-order valence-electron chi connectivity index (χ1n) is 5.52. The molecule has 2 aliphatic rings. The van der Waals surface area contributed by atoms with E-state index in [0.717, 1.165) is 32.0 Å². The summed E-state index contributed by atoms with van der Waals surface area (Å²) in [5, 5.41) is 6.54. The first-order chi connectivity index (χ1) is 6.84. The summed E-state index contributed by atoms with van der Waals surface area (Å²) < 4.78 is 5.71. The van der Waals surface area contributed by atoms with Gasteiger partial charge in [0.25, 0.3) is 0 Å². The monoisotopic (exact) mass is 197 g/mol. The van der Waals surface area contributed by atoms with Crippen LogP contribution in [0.1, 0.15) is 26.2 Å². The third kappa shape index (κ3) is 2.61. The molecule has 2 N–H and O–H groups in total. The Balaban J connectivity index is 1.69. The number of hydrogen-bond acceptors (Lipinski definition) is 4. The van der Waals surface area contributed by atoms with Crippen molar-refractivity contribution in [3.05, 3.63) is 0 Å². The van der Waals surface area contributed by atoms with E-state index in [2.05, 4.69) is 22.5 Å². The molecule has 4 nitrogen and oxygen atoms in total. The molecule has 0 radical (unpaired) electrons. The van der Waals surface area contributed by atoms with Crippen LogP contribution < -0.4 is 10.6 Å². The summed E-state index contributed by atoms with van der Waals surface area (Å²) in [4.78, 5) is 4.35. The van der Waals surface area contributed by atoms with Gasteiger partial charge in [0.15, 0.2) is 5.96 Å². The number of guanidine groups is 1. The van der Waals surface area contributed by atoms with Crippen molar-refractivity contribution in [3.8, 4) is 0 Å². The third-order valence-electron chi connectivity index (χ3n) is 2.71. The summed E-state index contributed by atoms with van der Waals surface area (Å²) >= 11 is 0. The zero-order chi connectivity index (χ0) is 9.80. The summed E-state index contributed by atoms with van der Waals surface area (Å²) in [6.45, 7) is 5.00. The second kappa shape index (κ2) is 4.64. The molecule has 0 spiro atoms. The van der Waals surface area contributed by atoms with Gasteiger partial charge in [-0.05, 0) is 26.2 Å². The van der Waals surface area contributed by atoms with Crippen molar-refractivity contribution >= 4 is 5.96 Å². The number of rotatable bonds is 2. The zero-order valence-electron chi connectivity index (χ0n) is 8.75. The second-order valence-electron chi connectivity index (χ2n) is 4.04. The predicted octanol–water partition coefficient (Wildman–Crippen LogP) is 0.493. The van der Waals surface area contributed by atoms with E-state index in [9.17, 15) is 0 Å². The normalized spacial score (nSPS) is 32.2. The maximum atomic E-state index is 5.71. The molecular weight excluding hydrogens is 178 g/mol. The van der Waals surface area contributed by atoms with Gasteiger partial charge in [-0.25, -0.2) is 0 Å². The van der Waals surface area contributed by atoms with Crippen LogP contribution in [0.5, 0.6) is 0 Å². The topological polar surface area (TPSA) is 45.7 Å². The van der Waals surface area contributed by atoms with E-state index >= 15 is 0 Å². The summed E-state index contributed by atoms with van der Waals surface area (Å²) in [5.74, 6) is 0.944. The van der Waals surface area contributed by atoms with E-state index < -0.39 is 0 Å². The van der Waals surface area contributed by atoms with Gasteiger partial charge in [-0.3, -0.25) is 4.99 Å². The highest BCUT2D eigenvalue weighted by Crippen LogP contribution is 2.17. The van der Waals surface area contributed by atoms with E-state index in [0.29, 0.717) is 12.2 Å². The van der Waals surface area contributed by atoms with Crippen LogP contribution in [0.15, 0.2) is 4.99 Å². The van der Waals surface area contributed by atoms with Gasteiger partial charge in [0.05, 0.1) is 12.2 Å². The minimum atomic E-state index is 0.372. The highest BCUT2D eigenvalue weighted by Gasteiger charge is 2.21. The van der Waals surface area contributed by atoms with Crippen LogP contribution in [0.25, 0.3) is 0 Å². The Morgan fingerprint density at radius 3 is 3.14 bits per heavy atom. The Morgan fingerprint density at radius 1 is 1.57 bits per heavy atom. The molecule has 0 aromatic heterocycles. The molecule has 0 saturated carbocycles. The molecule has 0 bridgehead atoms. The van der Waals surface area contributed by atoms with Crippen molar-refractivity contribution in [1.82, 2.24) is 10.6 Å². The molecule has 0 aromatic carbocycles. The molecule has 0 aliphatic carbocycles. The standard InChI is InChI=1S/C10H19N3O/c1-8-3-4-9(14-8)7-13-10-11-5-2-6-12-10/h8-9H,2-7H2,1H3,(H2,11,12,13). The lowest BCUT2D eigenvalue weighted by Gasteiger charge is -2.18. The molecule has 2 atom stereocenters. The fourth-order valence-corrected chi connectivity index (χ4v) is 1.90. The number of nitrogens with one attached hydrogen (secondary N) is 2. The highest BCUT2D eigenvalue weighted by atomic mass is 16.5. The lowest BCUT2D eigenvalue weighted by atomic mass is 10.2. The van der Waals surface area contributed by atoms with Crippen molar-refractivity contribution < 1.29 is 4.74 Å². The number of aliphatic imine (C=N–C) groups is 1. The predicted molar refractivity (Wildman–Crippen MR) is 56.5 cm³/mol. The lowest BCUT2D eigenvalue weighted by molar-refractivity contribution is 0.0585. The Bertz CT molecular complexity index is 217. The summed E-state index contributed by atoms with van der Waals surface area (Å²) in [6.07, 6.45) is 4.30. The summed E-state index contributed by atoms with van der Waals surface area (Å²) in [7, 11) is 0. The van der Waals surface area contributed by atoms with Crippen LogP contribution >= 0.6 is 0 Å². The van der Waals surface area contributed by atoms with Gasteiger partial charge < -0.3 is 15.4 Å². The second-order valence-corrected chi connectivity index (χ2v) is 4.04. The van der Waals surface area contributed by atoms with Gasteiger partial charge in [-0.1, -0.05) is 0 Å². The molecule has 0 aromatic rings. The van der Waals surface area contributed by atoms with Crippen molar-refractivity contribution in [2.75, 3.05) is 19.6 Å². The van der Waals surface area contributed by atoms with Crippen molar-refractivity contribution in [3.63, 3.8) is 0 Å². The Hall–Kier alpha value is -0.770. The fraction of sp³-hybridized carbons (Fsp3) is 0.900. The minimum Gasteiger partial charge on any atom is -0.373 e. The number of ether oxygens (including phenoxy) is 1. The van der Waals surface area contributed by atoms with Crippen molar-refractivity contribution in [2.24, 2.45) is 4.99 Å². The fourth-order valence-electron chi connectivity index (χ4n) is 1.90. The van der Waals surface area contributed by atoms with E-state index in [1.165, 1.54) is 12.8 Å². The molecule has 4 heteroatoms. The molecular formula is C10H19N3O. The maximum Gasteiger partial charge on any atom is 0.191 e. The molecule has 2 aliphatic heterocycles. The Labute approximate surface area is 85.1 Å². The minimum absolute atomic E-state index is 0.372. The molecule has 1 saturated heterocycles. The SMILES string of the molecule is CC1CCC(CNC2=NCCCN2)O1. The van der Waals surface area contributed by atoms with Crippen LogP contribution in [0.3, 0.4) is 0 Å². The number of nitrogens with zero attached hydrogens (tertiary/aromatic N) is 1. The average molecular weight is 197 g/mol. The zero-order valence-corrected chi connectivity index (χ0v) is 8.75. The Kier molecular flexibility index (Phi) is 3.24. The summed E-state index contributed by atoms with van der Waals surface area (Å²) in [6, 6.07) is 0. The van der Waals surface area contributed by atoms with Gasteiger partial charge in [0.2, 0.25) is 0 Å². The molecule has 2 heterocycles. The van der Waals surface area contributed by atoms with Gasteiger partial charge >= 0.3 is 0 Å². The number of hydrogen-bond donors (Lipinski definition) is 2. The van der Waals surface area contributed by atoms with E-state index in [-0.39, 0.29) is 0 Å². The first kappa shape index (κ1) is 9.77. The van der Waals surface area contributed by atoms with Crippen molar-refractivity contribution in [2.45, 2.75) is 38.4 Å². The highest BCUT2D eigenvalue weighted by molar-refractivity contribution is 5.80. The van der Waals surface area contributed by atoms with Crippen LogP contribution in [0.4, 0.5) is 0 Å². The maximum absolute atomic E-state index is 5.71. The average Bonchev–Trinajstić information content (AvgIpc) is 2.63. The van der Waals surface area contributed by atoms with Crippen LogP contribution in [0, 0.1) is 0 Å². The van der Waals surface area contributed by atoms with Gasteiger partial charge in [-0.15, -0.1) is 0 Å². The van der Waals surface area contributed by atoms with Gasteiger partial charge in [0.1, 0.15) is 0 Å². The smallest absolute Gasteiger partial charge is 0.191 e. The molecule has 14 heavy (non-hydrogen) atoms. The van der Waals surface area contributed by atoms with Gasteiger partial charge in [-0.2, -0.15) is 0 Å². The quantitative estimate of drug-likeness (QED) is 0.677. The van der Waals surface area contributed by atoms with Crippen LogP contribution in [-0.4, -0.2) is 37.8 Å². The lowest BCUT2D eigenvalue weighted by Crippen LogP contribution is -2.43. The summed E-state index contributed by atoms with van der Waals surface area (Å²) in [5.41, 5.74) is 0. The molecule has 2 unspecified atom stereocenters. The van der Waals surface area contributed by atoms with E-state index in [1.807, 2.05) is 0 Å². The van der Waals surface area contributed by atoms with Crippen molar-refractivity contribution in [1.29, 1.82) is 0 Å². The molecule has 2 rings (SSSR count). The molecule has 1 fully saturated rings. The Morgan fingerprint density at radius 2 is 2.50 bits per heavy atom. The van der Waals surface area contributed by atoms with Crippen LogP contribution in [-0.2, 0) is 4.74 Å². The molecule has 0 amide bonds. The first-order valence-corrected chi connectivity index (χ1v) is 5.52. The largest absolute Gasteiger partial charge is 0.373 e. The van der Waals surface area contributed by atoms with Gasteiger partial charge in [0, 0.05) is 19.6 Å². The van der Waals surface area contributed by atoms with E-state index in [4.69, 9.17) is 4.74 Å². The third-order valence-corrected chi connectivity index (χ3v) is 2.71. The molecule has 80 valence electrons. The van der Waals surface area contributed by atoms with Crippen LogP contribution in [0.2, 0.25) is 0 Å².